The van der Waals surface area contributed by atoms with Crippen molar-refractivity contribution < 1.29 is 4.52 Å². The van der Waals surface area contributed by atoms with E-state index in [0.29, 0.717) is 5.41 Å². The summed E-state index contributed by atoms with van der Waals surface area (Å²) in [6.07, 6.45) is 7.44. The molecule has 2 aromatic heterocycles. The van der Waals surface area contributed by atoms with Crippen LogP contribution in [0.1, 0.15) is 36.3 Å². The Kier molecular flexibility index (Phi) is 4.00. The maximum atomic E-state index is 5.32. The SMILES string of the molecule is Cc1noc(C)c1CN1CC[C@]2(CCCN(c3ncccn3)C2)C1. The Morgan fingerprint density at radius 1 is 1.12 bits per heavy atom. The van der Waals surface area contributed by atoms with Crippen molar-refractivity contribution in [1.29, 1.82) is 0 Å². The Balaban J connectivity index is 1.45. The van der Waals surface area contributed by atoms with E-state index in [1.165, 1.54) is 24.8 Å². The molecule has 128 valence electrons. The molecule has 0 N–H and O–H groups in total. The zero-order valence-electron chi connectivity index (χ0n) is 14.5. The minimum Gasteiger partial charge on any atom is -0.361 e. The molecule has 0 unspecified atom stereocenters. The average molecular weight is 327 g/mol. The molecule has 2 fully saturated rings. The fourth-order valence-electron chi connectivity index (χ4n) is 4.28. The molecule has 0 amide bonds. The number of anilines is 1. The molecule has 4 heterocycles. The molecule has 2 aliphatic heterocycles. The summed E-state index contributed by atoms with van der Waals surface area (Å²) in [5.74, 6) is 1.83. The summed E-state index contributed by atoms with van der Waals surface area (Å²) >= 11 is 0. The first-order valence-corrected chi connectivity index (χ1v) is 8.81. The van der Waals surface area contributed by atoms with Crippen molar-refractivity contribution in [2.24, 2.45) is 5.41 Å². The lowest BCUT2D eigenvalue weighted by Gasteiger charge is -2.40. The molecule has 0 aromatic carbocycles. The Morgan fingerprint density at radius 2 is 1.96 bits per heavy atom. The van der Waals surface area contributed by atoms with Crippen LogP contribution in [-0.4, -0.2) is 46.2 Å². The molecule has 1 atom stereocenters. The molecule has 0 radical (unpaired) electrons. The lowest BCUT2D eigenvalue weighted by Crippen LogP contribution is -2.45. The van der Waals surface area contributed by atoms with Crippen LogP contribution in [0.5, 0.6) is 0 Å². The van der Waals surface area contributed by atoms with Crippen molar-refractivity contribution >= 4 is 5.95 Å². The normalized spacial score (nSPS) is 24.8. The highest BCUT2D eigenvalue weighted by molar-refractivity contribution is 5.30. The number of hydrogen-bond donors (Lipinski definition) is 0. The molecule has 4 rings (SSSR count). The third kappa shape index (κ3) is 2.90. The van der Waals surface area contributed by atoms with Crippen LogP contribution < -0.4 is 4.90 Å². The highest BCUT2D eigenvalue weighted by atomic mass is 16.5. The summed E-state index contributed by atoms with van der Waals surface area (Å²) in [7, 11) is 0. The molecule has 6 nitrogen and oxygen atoms in total. The van der Waals surface area contributed by atoms with Gasteiger partial charge in [-0.15, -0.1) is 0 Å². The number of nitrogens with zero attached hydrogens (tertiary/aromatic N) is 5. The van der Waals surface area contributed by atoms with E-state index in [1.54, 1.807) is 0 Å². The first-order chi connectivity index (χ1) is 11.7. The zero-order valence-corrected chi connectivity index (χ0v) is 14.5. The van der Waals surface area contributed by atoms with Gasteiger partial charge in [0.25, 0.3) is 0 Å². The molecule has 24 heavy (non-hydrogen) atoms. The van der Waals surface area contributed by atoms with Gasteiger partial charge < -0.3 is 9.42 Å². The zero-order chi connectivity index (χ0) is 16.6. The highest BCUT2D eigenvalue weighted by Crippen LogP contribution is 2.40. The number of likely N-dealkylation sites (tertiary alicyclic amines) is 1. The third-order valence-corrected chi connectivity index (χ3v) is 5.58. The summed E-state index contributed by atoms with van der Waals surface area (Å²) in [5.41, 5.74) is 2.65. The lowest BCUT2D eigenvalue weighted by molar-refractivity contribution is 0.215. The first kappa shape index (κ1) is 15.6. The van der Waals surface area contributed by atoms with Gasteiger partial charge in [0.2, 0.25) is 5.95 Å². The molecule has 0 saturated carbocycles. The van der Waals surface area contributed by atoms with Crippen LogP contribution in [0, 0.1) is 19.3 Å². The molecule has 2 aromatic rings. The van der Waals surface area contributed by atoms with Crippen LogP contribution in [0.4, 0.5) is 5.95 Å². The van der Waals surface area contributed by atoms with E-state index in [-0.39, 0.29) is 0 Å². The predicted octanol–water partition coefficient (Wildman–Crippen LogP) is 2.57. The van der Waals surface area contributed by atoms with Crippen LogP contribution >= 0.6 is 0 Å². The van der Waals surface area contributed by atoms with Crippen molar-refractivity contribution in [3.05, 3.63) is 35.5 Å². The van der Waals surface area contributed by atoms with Gasteiger partial charge >= 0.3 is 0 Å². The Morgan fingerprint density at radius 3 is 2.71 bits per heavy atom. The highest BCUT2D eigenvalue weighted by Gasteiger charge is 2.42. The minimum atomic E-state index is 0.371. The van der Waals surface area contributed by atoms with Gasteiger partial charge in [-0.25, -0.2) is 9.97 Å². The molecule has 2 aliphatic rings. The van der Waals surface area contributed by atoms with E-state index in [9.17, 15) is 0 Å². The molecular formula is C18H25N5O. The third-order valence-electron chi connectivity index (χ3n) is 5.58. The van der Waals surface area contributed by atoms with Gasteiger partial charge in [0.15, 0.2) is 0 Å². The van der Waals surface area contributed by atoms with Crippen LogP contribution in [0.25, 0.3) is 0 Å². The standard InChI is InChI=1S/C18H25N5O/c1-14-16(15(2)24-21-14)11-22-10-6-18(12-22)5-3-9-23(13-18)17-19-7-4-8-20-17/h4,7-8H,3,5-6,9-13H2,1-2H3/t18-/m1/s1. The molecule has 0 aliphatic carbocycles. The van der Waals surface area contributed by atoms with Gasteiger partial charge in [-0.2, -0.15) is 0 Å². The fourth-order valence-corrected chi connectivity index (χ4v) is 4.28. The molecule has 0 bridgehead atoms. The van der Waals surface area contributed by atoms with Crippen LogP contribution in [-0.2, 0) is 6.54 Å². The monoisotopic (exact) mass is 327 g/mol. The van der Waals surface area contributed by atoms with Gasteiger partial charge in [0.1, 0.15) is 5.76 Å². The van der Waals surface area contributed by atoms with E-state index >= 15 is 0 Å². The van der Waals surface area contributed by atoms with Gasteiger partial charge in [-0.1, -0.05) is 5.16 Å². The van der Waals surface area contributed by atoms with E-state index in [2.05, 4.69) is 24.9 Å². The second-order valence-electron chi connectivity index (χ2n) is 7.34. The van der Waals surface area contributed by atoms with Gasteiger partial charge in [0.05, 0.1) is 5.69 Å². The maximum Gasteiger partial charge on any atom is 0.225 e. The van der Waals surface area contributed by atoms with Crippen LogP contribution in [0.2, 0.25) is 0 Å². The van der Waals surface area contributed by atoms with E-state index < -0.39 is 0 Å². The number of rotatable bonds is 3. The number of hydrogen-bond acceptors (Lipinski definition) is 6. The number of aryl methyl sites for hydroxylation is 2. The van der Waals surface area contributed by atoms with Crippen molar-refractivity contribution in [2.45, 2.75) is 39.7 Å². The van der Waals surface area contributed by atoms with Gasteiger partial charge in [0, 0.05) is 49.6 Å². The van der Waals surface area contributed by atoms with E-state index in [1.807, 2.05) is 32.3 Å². The average Bonchev–Trinajstić information content (AvgIpc) is 3.14. The largest absolute Gasteiger partial charge is 0.361 e. The Bertz CT molecular complexity index is 681. The lowest BCUT2D eigenvalue weighted by atomic mass is 9.79. The smallest absolute Gasteiger partial charge is 0.225 e. The van der Waals surface area contributed by atoms with Crippen LogP contribution in [0.3, 0.4) is 0 Å². The molecule has 2 saturated heterocycles. The quantitative estimate of drug-likeness (QED) is 0.863. The van der Waals surface area contributed by atoms with E-state index in [0.717, 1.165) is 50.1 Å². The topological polar surface area (TPSA) is 58.3 Å². The number of aromatic nitrogens is 3. The Hall–Kier alpha value is -1.95. The number of piperidine rings is 1. The second-order valence-corrected chi connectivity index (χ2v) is 7.34. The van der Waals surface area contributed by atoms with Crippen molar-refractivity contribution in [3.8, 4) is 0 Å². The fraction of sp³-hybridized carbons (Fsp3) is 0.611. The second kappa shape index (κ2) is 6.16. The predicted molar refractivity (Wildman–Crippen MR) is 91.8 cm³/mol. The summed E-state index contributed by atoms with van der Waals surface area (Å²) in [5, 5.41) is 4.09. The summed E-state index contributed by atoms with van der Waals surface area (Å²) in [4.78, 5) is 13.8. The van der Waals surface area contributed by atoms with Crippen molar-refractivity contribution in [3.63, 3.8) is 0 Å². The molecular weight excluding hydrogens is 302 g/mol. The molecule has 1 spiro atoms. The van der Waals surface area contributed by atoms with Crippen molar-refractivity contribution in [1.82, 2.24) is 20.0 Å². The minimum absolute atomic E-state index is 0.371. The summed E-state index contributed by atoms with van der Waals surface area (Å²) < 4.78 is 5.32. The van der Waals surface area contributed by atoms with Gasteiger partial charge in [-0.3, -0.25) is 4.90 Å². The summed E-state index contributed by atoms with van der Waals surface area (Å²) in [6, 6.07) is 1.88. The summed E-state index contributed by atoms with van der Waals surface area (Å²) in [6.45, 7) is 9.41. The first-order valence-electron chi connectivity index (χ1n) is 8.81. The van der Waals surface area contributed by atoms with Crippen molar-refractivity contribution in [2.75, 3.05) is 31.1 Å². The van der Waals surface area contributed by atoms with Crippen LogP contribution in [0.15, 0.2) is 23.0 Å². The maximum absolute atomic E-state index is 5.32. The van der Waals surface area contributed by atoms with E-state index in [4.69, 9.17) is 4.52 Å². The Labute approximate surface area is 142 Å². The molecule has 6 heteroatoms. The van der Waals surface area contributed by atoms with Gasteiger partial charge in [-0.05, 0) is 45.7 Å².